The summed E-state index contributed by atoms with van der Waals surface area (Å²) in [6.07, 6.45) is 14.1. The van der Waals surface area contributed by atoms with Crippen molar-refractivity contribution in [3.8, 4) is 11.4 Å². The molecule has 23 heavy (non-hydrogen) atoms. The smallest absolute Gasteiger partial charge is 0.0659 e. The molecule has 2 N–H and O–H groups in total. The predicted molar refractivity (Wildman–Crippen MR) is 98.4 cm³/mol. The Bertz CT molecular complexity index is 626. The van der Waals surface area contributed by atoms with Crippen LogP contribution in [-0.2, 0) is 12.8 Å². The summed E-state index contributed by atoms with van der Waals surface area (Å²) >= 11 is 0. The lowest BCUT2D eigenvalue weighted by Crippen LogP contribution is -2.03. The average Bonchev–Trinajstić information content (AvgIpc) is 3.13. The molecular weight excluding hydrogens is 282 g/mol. The maximum absolute atomic E-state index is 4.93. The molecule has 2 aromatic rings. The van der Waals surface area contributed by atoms with Gasteiger partial charge in [-0.3, -0.25) is 4.99 Å². The van der Waals surface area contributed by atoms with E-state index in [0.29, 0.717) is 6.04 Å². The fraction of sp³-hybridized carbons (Fsp3) is 0.550. The summed E-state index contributed by atoms with van der Waals surface area (Å²) in [5.74, 6) is 0. The Labute approximate surface area is 139 Å². The first kappa shape index (κ1) is 16.1. The van der Waals surface area contributed by atoms with Gasteiger partial charge in [0.2, 0.25) is 0 Å². The summed E-state index contributed by atoms with van der Waals surface area (Å²) in [7, 11) is 0. The van der Waals surface area contributed by atoms with Crippen molar-refractivity contribution >= 4 is 6.21 Å². The Hall–Kier alpha value is -1.77. The van der Waals surface area contributed by atoms with Crippen LogP contribution < -0.4 is 0 Å². The first-order chi connectivity index (χ1) is 11.3. The highest BCUT2D eigenvalue weighted by Crippen LogP contribution is 2.28. The van der Waals surface area contributed by atoms with Gasteiger partial charge in [0.25, 0.3) is 0 Å². The Morgan fingerprint density at radius 1 is 1.09 bits per heavy atom. The van der Waals surface area contributed by atoms with Crippen LogP contribution >= 0.6 is 0 Å². The quantitative estimate of drug-likeness (QED) is 0.557. The van der Waals surface area contributed by atoms with Gasteiger partial charge in [-0.05, 0) is 48.9 Å². The molecule has 0 atom stereocenters. The third-order valence-electron chi connectivity index (χ3n) is 5.06. The van der Waals surface area contributed by atoms with Gasteiger partial charge in [0.1, 0.15) is 0 Å². The molecule has 2 heterocycles. The minimum atomic E-state index is 0.518. The largest absolute Gasteiger partial charge is 0.360 e. The zero-order valence-electron chi connectivity index (χ0n) is 14.5. The minimum Gasteiger partial charge on any atom is -0.360 e. The van der Waals surface area contributed by atoms with Crippen LogP contribution in [0.5, 0.6) is 0 Å². The molecule has 0 bridgehead atoms. The van der Waals surface area contributed by atoms with Gasteiger partial charge in [-0.15, -0.1) is 0 Å². The lowest BCUT2D eigenvalue weighted by Gasteiger charge is -2.07. The van der Waals surface area contributed by atoms with Crippen molar-refractivity contribution in [2.75, 3.05) is 0 Å². The van der Waals surface area contributed by atoms with Crippen molar-refractivity contribution in [1.29, 1.82) is 0 Å². The molecule has 124 valence electrons. The van der Waals surface area contributed by atoms with Crippen molar-refractivity contribution < 1.29 is 0 Å². The third kappa shape index (κ3) is 3.60. The number of nitrogens with one attached hydrogen (secondary N) is 2. The van der Waals surface area contributed by atoms with E-state index < -0.39 is 0 Å². The molecule has 0 aliphatic heterocycles. The van der Waals surface area contributed by atoms with Gasteiger partial charge in [0.15, 0.2) is 0 Å². The average molecular weight is 311 g/mol. The molecule has 1 fully saturated rings. The van der Waals surface area contributed by atoms with Crippen molar-refractivity contribution in [2.24, 2.45) is 4.99 Å². The van der Waals surface area contributed by atoms with Gasteiger partial charge in [0, 0.05) is 12.4 Å². The fourth-order valence-corrected chi connectivity index (χ4v) is 3.81. The Kier molecular flexibility index (Phi) is 5.37. The Morgan fingerprint density at radius 2 is 1.83 bits per heavy atom. The molecule has 0 amide bonds. The molecular formula is C20H29N3. The van der Waals surface area contributed by atoms with Gasteiger partial charge >= 0.3 is 0 Å². The zero-order chi connectivity index (χ0) is 16.1. The first-order valence-corrected chi connectivity index (χ1v) is 9.24. The number of rotatable bonds is 5. The van der Waals surface area contributed by atoms with Crippen LogP contribution in [0.1, 0.15) is 69.2 Å². The molecule has 0 spiro atoms. The predicted octanol–water partition coefficient (Wildman–Crippen LogP) is 5.28. The van der Waals surface area contributed by atoms with Crippen LogP contribution in [0.2, 0.25) is 0 Å². The van der Waals surface area contributed by atoms with Crippen molar-refractivity contribution in [3.63, 3.8) is 0 Å². The van der Waals surface area contributed by atoms with Gasteiger partial charge in [0.05, 0.1) is 23.1 Å². The summed E-state index contributed by atoms with van der Waals surface area (Å²) in [6, 6.07) is 4.71. The maximum Gasteiger partial charge on any atom is 0.0659 e. The molecule has 3 rings (SSSR count). The highest BCUT2D eigenvalue weighted by atomic mass is 14.8. The normalized spacial score (nSPS) is 17.0. The van der Waals surface area contributed by atoms with E-state index in [4.69, 9.17) is 4.99 Å². The second-order valence-electron chi connectivity index (χ2n) is 6.59. The van der Waals surface area contributed by atoms with E-state index in [1.165, 1.54) is 66.7 Å². The topological polar surface area (TPSA) is 43.9 Å². The third-order valence-corrected chi connectivity index (χ3v) is 5.06. The molecule has 0 radical (unpaired) electrons. The number of aromatic amines is 2. The van der Waals surface area contributed by atoms with Crippen molar-refractivity contribution in [3.05, 3.63) is 35.2 Å². The molecule has 1 aliphatic carbocycles. The number of aromatic nitrogens is 2. The second-order valence-corrected chi connectivity index (χ2v) is 6.59. The van der Waals surface area contributed by atoms with E-state index in [9.17, 15) is 0 Å². The van der Waals surface area contributed by atoms with E-state index in [2.05, 4.69) is 42.2 Å². The number of hydrogen-bond donors (Lipinski definition) is 2. The van der Waals surface area contributed by atoms with Gasteiger partial charge in [-0.1, -0.05) is 39.5 Å². The van der Waals surface area contributed by atoms with Gasteiger partial charge in [-0.2, -0.15) is 0 Å². The summed E-state index contributed by atoms with van der Waals surface area (Å²) in [5.41, 5.74) is 6.47. The number of nitrogens with zero attached hydrogens (tertiary/aromatic N) is 1. The standard InChI is InChI=1S/C20H29N3/c1-3-16-17(4-2)20(18-12-9-13-21-18)23-19(16)14-22-15-10-7-5-6-8-11-15/h9,12-15,21,23H,3-8,10-11H2,1-2H3. The molecule has 0 unspecified atom stereocenters. The first-order valence-electron chi connectivity index (χ1n) is 9.24. The van der Waals surface area contributed by atoms with Crippen LogP contribution in [-0.4, -0.2) is 22.2 Å². The maximum atomic E-state index is 4.93. The molecule has 1 saturated carbocycles. The monoisotopic (exact) mass is 311 g/mol. The van der Waals surface area contributed by atoms with Crippen LogP contribution in [0.25, 0.3) is 11.4 Å². The van der Waals surface area contributed by atoms with Crippen LogP contribution in [0.15, 0.2) is 23.3 Å². The van der Waals surface area contributed by atoms with Gasteiger partial charge < -0.3 is 9.97 Å². The fourth-order valence-electron chi connectivity index (χ4n) is 3.81. The number of hydrogen-bond acceptors (Lipinski definition) is 1. The van der Waals surface area contributed by atoms with Crippen LogP contribution in [0.4, 0.5) is 0 Å². The molecule has 1 aliphatic rings. The van der Waals surface area contributed by atoms with E-state index in [-0.39, 0.29) is 0 Å². The molecule has 0 aromatic carbocycles. The zero-order valence-corrected chi connectivity index (χ0v) is 14.5. The lowest BCUT2D eigenvalue weighted by molar-refractivity contribution is 0.588. The van der Waals surface area contributed by atoms with Crippen LogP contribution in [0.3, 0.4) is 0 Å². The van der Waals surface area contributed by atoms with E-state index in [1.54, 1.807) is 0 Å². The van der Waals surface area contributed by atoms with E-state index in [1.807, 2.05) is 6.20 Å². The van der Waals surface area contributed by atoms with Crippen LogP contribution in [0, 0.1) is 0 Å². The Morgan fingerprint density at radius 3 is 2.43 bits per heavy atom. The highest BCUT2D eigenvalue weighted by molar-refractivity contribution is 5.83. The van der Waals surface area contributed by atoms with Crippen molar-refractivity contribution in [2.45, 2.75) is 71.3 Å². The summed E-state index contributed by atoms with van der Waals surface area (Å²) in [6.45, 7) is 4.48. The molecule has 3 heteroatoms. The molecule has 0 saturated heterocycles. The van der Waals surface area contributed by atoms with Crippen molar-refractivity contribution in [1.82, 2.24) is 9.97 Å². The number of aliphatic imine (C=N–C) groups is 1. The molecule has 3 nitrogen and oxygen atoms in total. The summed E-state index contributed by atoms with van der Waals surface area (Å²) in [4.78, 5) is 11.9. The lowest BCUT2D eigenvalue weighted by atomic mass is 10.0. The van der Waals surface area contributed by atoms with E-state index in [0.717, 1.165) is 12.8 Å². The van der Waals surface area contributed by atoms with E-state index >= 15 is 0 Å². The number of H-pyrrole nitrogens is 2. The summed E-state index contributed by atoms with van der Waals surface area (Å²) in [5, 5.41) is 0. The Balaban J connectivity index is 1.89. The summed E-state index contributed by atoms with van der Waals surface area (Å²) < 4.78 is 0. The molecule has 2 aromatic heterocycles. The minimum absolute atomic E-state index is 0.518. The SMILES string of the molecule is CCc1c(C=NC2CCCCCC2)[nH]c(-c2ccc[nH]2)c1CC. The second kappa shape index (κ2) is 7.67. The van der Waals surface area contributed by atoms with Gasteiger partial charge in [-0.25, -0.2) is 0 Å². The highest BCUT2D eigenvalue weighted by Gasteiger charge is 2.16.